The molecule has 208 valence electrons. The van der Waals surface area contributed by atoms with Gasteiger partial charge in [0.1, 0.15) is 23.0 Å². The molecule has 1 N–H and O–H groups in total. The van der Waals surface area contributed by atoms with Crippen LogP contribution in [0.5, 0.6) is 17.4 Å². The standard InChI is InChI=1S/C28H32Cl2N4O5/c1-4-5-12-22-31-26(35)23(28(37)34(22)25-20(38-2)10-7-11-21(25)39-3)27(36)33-15-13-32(14-16-33)17-18-8-6-9-19(29)24(18)30/h6-11,35H,4-5,12-17H2,1-3H3. The molecule has 4 rings (SSSR count). The number of aromatic nitrogens is 2. The number of para-hydroxylation sites is 1. The molecule has 0 aliphatic carbocycles. The zero-order valence-electron chi connectivity index (χ0n) is 22.2. The van der Waals surface area contributed by atoms with E-state index in [4.69, 9.17) is 32.7 Å². The molecule has 0 saturated carbocycles. The summed E-state index contributed by atoms with van der Waals surface area (Å²) >= 11 is 12.5. The van der Waals surface area contributed by atoms with Crippen LogP contribution >= 0.6 is 23.2 Å². The summed E-state index contributed by atoms with van der Waals surface area (Å²) < 4.78 is 12.4. The minimum Gasteiger partial charge on any atom is -0.494 e. The summed E-state index contributed by atoms with van der Waals surface area (Å²) in [5, 5.41) is 11.8. The number of benzene rings is 2. The Bertz CT molecular complexity index is 1380. The number of nitrogens with zero attached hydrogens (tertiary/aromatic N) is 4. The van der Waals surface area contributed by atoms with Crippen LogP contribution in [-0.4, -0.2) is 70.8 Å². The van der Waals surface area contributed by atoms with E-state index in [2.05, 4.69) is 9.88 Å². The van der Waals surface area contributed by atoms with E-state index >= 15 is 0 Å². The van der Waals surface area contributed by atoms with Crippen molar-refractivity contribution < 1.29 is 19.4 Å². The third kappa shape index (κ3) is 6.00. The average Bonchev–Trinajstić information content (AvgIpc) is 2.94. The number of halogens is 2. The van der Waals surface area contributed by atoms with E-state index in [1.54, 1.807) is 29.2 Å². The lowest BCUT2D eigenvalue weighted by atomic mass is 10.1. The lowest BCUT2D eigenvalue weighted by Crippen LogP contribution is -2.49. The summed E-state index contributed by atoms with van der Waals surface area (Å²) in [6.45, 7) is 4.46. The van der Waals surface area contributed by atoms with Crippen molar-refractivity contribution in [1.29, 1.82) is 0 Å². The molecular formula is C28H32Cl2N4O5. The summed E-state index contributed by atoms with van der Waals surface area (Å²) in [5.74, 6) is -0.0619. The van der Waals surface area contributed by atoms with Crippen LogP contribution in [0.25, 0.3) is 5.69 Å². The molecule has 9 nitrogen and oxygen atoms in total. The van der Waals surface area contributed by atoms with Crippen LogP contribution in [0.3, 0.4) is 0 Å². The summed E-state index contributed by atoms with van der Waals surface area (Å²) in [5.41, 5.74) is 0.189. The first-order valence-corrected chi connectivity index (χ1v) is 13.6. The molecule has 1 amide bonds. The van der Waals surface area contributed by atoms with Crippen LogP contribution in [-0.2, 0) is 13.0 Å². The molecule has 0 bridgehead atoms. The Balaban J connectivity index is 1.66. The highest BCUT2D eigenvalue weighted by atomic mass is 35.5. The van der Waals surface area contributed by atoms with Gasteiger partial charge in [-0.3, -0.25) is 19.1 Å². The van der Waals surface area contributed by atoms with Crippen LogP contribution in [0, 0.1) is 0 Å². The van der Waals surface area contributed by atoms with Gasteiger partial charge in [-0.05, 0) is 30.2 Å². The first kappa shape index (κ1) is 28.7. The Morgan fingerprint density at radius 3 is 2.28 bits per heavy atom. The van der Waals surface area contributed by atoms with E-state index in [1.807, 2.05) is 19.1 Å². The highest BCUT2D eigenvalue weighted by Gasteiger charge is 2.31. The fourth-order valence-corrected chi connectivity index (χ4v) is 5.08. The second-order valence-electron chi connectivity index (χ2n) is 9.26. The Hall–Kier alpha value is -3.27. The molecule has 0 spiro atoms. The van der Waals surface area contributed by atoms with Gasteiger partial charge >= 0.3 is 0 Å². The molecule has 3 aromatic rings. The number of hydrogen-bond donors (Lipinski definition) is 1. The quantitative estimate of drug-likeness (QED) is 0.400. The van der Waals surface area contributed by atoms with E-state index in [0.717, 1.165) is 18.4 Å². The van der Waals surface area contributed by atoms with Gasteiger partial charge in [-0.25, -0.2) is 0 Å². The van der Waals surface area contributed by atoms with Crippen molar-refractivity contribution in [3.8, 4) is 23.1 Å². The summed E-state index contributed by atoms with van der Waals surface area (Å²) in [6, 6.07) is 10.7. The van der Waals surface area contributed by atoms with Gasteiger partial charge in [0, 0.05) is 39.1 Å². The van der Waals surface area contributed by atoms with Crippen molar-refractivity contribution in [1.82, 2.24) is 19.4 Å². The number of rotatable bonds is 9. The molecule has 1 saturated heterocycles. The monoisotopic (exact) mass is 574 g/mol. The molecule has 1 aromatic heterocycles. The lowest BCUT2D eigenvalue weighted by Gasteiger charge is -2.35. The molecule has 0 atom stereocenters. The van der Waals surface area contributed by atoms with Crippen molar-refractivity contribution in [2.45, 2.75) is 32.7 Å². The van der Waals surface area contributed by atoms with Gasteiger partial charge in [-0.2, -0.15) is 4.98 Å². The molecule has 39 heavy (non-hydrogen) atoms. The molecule has 1 aliphatic rings. The third-order valence-corrected chi connectivity index (χ3v) is 7.67. The molecule has 0 unspecified atom stereocenters. The number of carbonyl (C=O) groups excluding carboxylic acids is 1. The molecule has 2 heterocycles. The zero-order valence-corrected chi connectivity index (χ0v) is 23.8. The zero-order chi connectivity index (χ0) is 28.1. The minimum atomic E-state index is -0.672. The second kappa shape index (κ2) is 12.7. The first-order valence-electron chi connectivity index (χ1n) is 12.8. The third-order valence-electron chi connectivity index (χ3n) is 6.81. The van der Waals surface area contributed by atoms with E-state index in [1.165, 1.54) is 18.8 Å². The van der Waals surface area contributed by atoms with Gasteiger partial charge in [0.05, 0.1) is 24.3 Å². The summed E-state index contributed by atoms with van der Waals surface area (Å²) in [4.78, 5) is 35.6. The van der Waals surface area contributed by atoms with Gasteiger partial charge in [0.25, 0.3) is 11.5 Å². The van der Waals surface area contributed by atoms with Crippen molar-refractivity contribution in [3.63, 3.8) is 0 Å². The fourth-order valence-electron chi connectivity index (χ4n) is 4.70. The maximum atomic E-state index is 13.9. The Morgan fingerprint density at radius 2 is 1.67 bits per heavy atom. The Labute approximate surface area is 237 Å². The van der Waals surface area contributed by atoms with Crippen molar-refractivity contribution in [2.75, 3.05) is 40.4 Å². The maximum Gasteiger partial charge on any atom is 0.275 e. The highest BCUT2D eigenvalue weighted by molar-refractivity contribution is 6.42. The normalized spacial score (nSPS) is 13.9. The minimum absolute atomic E-state index is 0.321. The van der Waals surface area contributed by atoms with Crippen molar-refractivity contribution >= 4 is 29.1 Å². The largest absolute Gasteiger partial charge is 0.494 e. The van der Waals surface area contributed by atoms with Crippen LogP contribution in [0.1, 0.15) is 41.5 Å². The summed E-state index contributed by atoms with van der Waals surface area (Å²) in [6.07, 6.45) is 2.00. The maximum absolute atomic E-state index is 13.9. The van der Waals surface area contributed by atoms with Crippen LogP contribution in [0.15, 0.2) is 41.2 Å². The van der Waals surface area contributed by atoms with Crippen molar-refractivity contribution in [2.24, 2.45) is 0 Å². The molecule has 1 fully saturated rings. The van der Waals surface area contributed by atoms with Gasteiger partial charge < -0.3 is 19.5 Å². The fraction of sp³-hybridized carbons (Fsp3) is 0.393. The number of amides is 1. The van der Waals surface area contributed by atoms with Crippen LogP contribution in [0.2, 0.25) is 10.0 Å². The first-order chi connectivity index (χ1) is 18.8. The topological polar surface area (TPSA) is 97.1 Å². The number of ether oxygens (including phenoxy) is 2. The SMILES string of the molecule is CCCCc1nc(O)c(C(=O)N2CCN(Cc3cccc(Cl)c3Cl)CC2)c(=O)n1-c1c(OC)cccc1OC. The number of methoxy groups -OCH3 is 2. The van der Waals surface area contributed by atoms with Gasteiger partial charge in [-0.15, -0.1) is 0 Å². The van der Waals surface area contributed by atoms with E-state index in [-0.39, 0.29) is 5.56 Å². The molecule has 11 heteroatoms. The summed E-state index contributed by atoms with van der Waals surface area (Å²) in [7, 11) is 2.98. The molecule has 2 aromatic carbocycles. The van der Waals surface area contributed by atoms with E-state index in [0.29, 0.717) is 72.2 Å². The molecular weight excluding hydrogens is 543 g/mol. The Kier molecular flexibility index (Phi) is 9.37. The highest BCUT2D eigenvalue weighted by Crippen LogP contribution is 2.33. The number of hydrogen-bond acceptors (Lipinski definition) is 7. The Morgan fingerprint density at radius 1 is 1.03 bits per heavy atom. The number of aryl methyl sites for hydroxylation is 1. The number of aromatic hydroxyl groups is 1. The molecule has 1 aliphatic heterocycles. The number of piperazine rings is 1. The van der Waals surface area contributed by atoms with E-state index in [9.17, 15) is 14.7 Å². The van der Waals surface area contributed by atoms with Crippen molar-refractivity contribution in [3.05, 3.63) is 73.7 Å². The number of unbranched alkanes of at least 4 members (excludes halogenated alkanes) is 1. The lowest BCUT2D eigenvalue weighted by molar-refractivity contribution is 0.0622. The average molecular weight is 575 g/mol. The van der Waals surface area contributed by atoms with Gasteiger partial charge in [-0.1, -0.05) is 54.7 Å². The number of carbonyl (C=O) groups is 1. The van der Waals surface area contributed by atoms with Gasteiger partial charge in [0.15, 0.2) is 5.56 Å². The van der Waals surface area contributed by atoms with Crippen LogP contribution < -0.4 is 15.0 Å². The predicted octanol–water partition coefficient (Wildman–Crippen LogP) is 4.56. The predicted molar refractivity (Wildman–Crippen MR) is 151 cm³/mol. The second-order valence-corrected chi connectivity index (χ2v) is 10.0. The van der Waals surface area contributed by atoms with Crippen LogP contribution in [0.4, 0.5) is 0 Å². The smallest absolute Gasteiger partial charge is 0.275 e. The van der Waals surface area contributed by atoms with Gasteiger partial charge in [0.2, 0.25) is 5.88 Å². The van der Waals surface area contributed by atoms with E-state index < -0.39 is 17.3 Å². The molecule has 0 radical (unpaired) electrons.